The molecule has 1 unspecified atom stereocenters. The van der Waals surface area contributed by atoms with Gasteiger partial charge in [-0.3, -0.25) is 14.4 Å². The topological polar surface area (TPSA) is 109 Å². The number of nitrogens with one attached hydrogen (secondary N) is 1. The van der Waals surface area contributed by atoms with Gasteiger partial charge < -0.3 is 15.6 Å². The zero-order chi connectivity index (χ0) is 22.8. The van der Waals surface area contributed by atoms with Gasteiger partial charge >= 0.3 is 6.18 Å². The van der Waals surface area contributed by atoms with Crippen LogP contribution in [0, 0.1) is 0 Å². The molecule has 31 heavy (non-hydrogen) atoms. The van der Waals surface area contributed by atoms with Crippen LogP contribution in [0.15, 0.2) is 29.1 Å². The second-order valence-corrected chi connectivity index (χ2v) is 7.84. The van der Waals surface area contributed by atoms with Crippen molar-refractivity contribution in [3.05, 3.63) is 50.9 Å². The van der Waals surface area contributed by atoms with E-state index in [1.54, 1.807) is 24.3 Å². The molecule has 0 radical (unpaired) electrons. The number of rotatable bonds is 6. The van der Waals surface area contributed by atoms with Crippen LogP contribution in [0.4, 0.5) is 13.2 Å². The van der Waals surface area contributed by atoms with Crippen LogP contribution in [0.3, 0.4) is 0 Å². The highest BCUT2D eigenvalue weighted by Gasteiger charge is 2.33. The molecule has 0 bridgehead atoms. The number of hydrogen-bond acceptors (Lipinski definition) is 4. The molecule has 1 aromatic carbocycles. The molecule has 0 aliphatic carbocycles. The number of hydrogen-bond donors (Lipinski definition) is 2. The van der Waals surface area contributed by atoms with E-state index in [1.807, 2.05) is 0 Å². The van der Waals surface area contributed by atoms with Crippen molar-refractivity contribution in [2.45, 2.75) is 44.3 Å². The average molecular weight is 457 g/mol. The summed E-state index contributed by atoms with van der Waals surface area (Å²) in [6, 6.07) is 6.58. The Labute approximate surface area is 180 Å². The number of benzene rings is 1. The van der Waals surface area contributed by atoms with Gasteiger partial charge in [-0.1, -0.05) is 11.6 Å². The molecular weight excluding hydrogens is 437 g/mol. The van der Waals surface area contributed by atoms with Gasteiger partial charge in [-0.15, -0.1) is 0 Å². The first kappa shape index (κ1) is 22.8. The Balaban J connectivity index is 1.96. The second-order valence-electron chi connectivity index (χ2n) is 7.41. The second kappa shape index (κ2) is 9.09. The van der Waals surface area contributed by atoms with E-state index in [0.29, 0.717) is 16.3 Å². The Morgan fingerprint density at radius 1 is 1.26 bits per heavy atom. The molecule has 0 saturated heterocycles. The maximum Gasteiger partial charge on any atom is 0.389 e. The number of primary amides is 1. The van der Waals surface area contributed by atoms with Gasteiger partial charge in [-0.25, -0.2) is 4.98 Å². The Kier molecular flexibility index (Phi) is 6.68. The minimum atomic E-state index is -4.31. The van der Waals surface area contributed by atoms with Gasteiger partial charge in [0.15, 0.2) is 0 Å². The lowest BCUT2D eigenvalue weighted by Gasteiger charge is -2.33. The number of H-pyrrole nitrogens is 1. The quantitative estimate of drug-likeness (QED) is 0.651. The van der Waals surface area contributed by atoms with Crippen LogP contribution in [-0.4, -0.2) is 39.4 Å². The smallest absolute Gasteiger partial charge is 0.369 e. The van der Waals surface area contributed by atoms with Gasteiger partial charge in [0.05, 0.1) is 17.8 Å². The monoisotopic (exact) mass is 456 g/mol. The molecule has 11 heteroatoms. The summed E-state index contributed by atoms with van der Waals surface area (Å²) in [5, 5.41) is 0.498. The van der Waals surface area contributed by atoms with Crippen LogP contribution >= 0.6 is 11.6 Å². The molecule has 7 nitrogen and oxygen atoms in total. The first-order valence-electron chi connectivity index (χ1n) is 9.55. The largest absolute Gasteiger partial charge is 0.389 e. The first-order chi connectivity index (χ1) is 14.5. The summed E-state index contributed by atoms with van der Waals surface area (Å²) < 4.78 is 37.9. The molecule has 0 fully saturated rings. The van der Waals surface area contributed by atoms with Crippen molar-refractivity contribution in [3.8, 4) is 11.4 Å². The van der Waals surface area contributed by atoms with Crippen molar-refractivity contribution in [2.75, 3.05) is 6.54 Å². The molecule has 3 rings (SSSR count). The van der Waals surface area contributed by atoms with Crippen LogP contribution in [0.25, 0.3) is 11.4 Å². The van der Waals surface area contributed by atoms with E-state index >= 15 is 0 Å². The Morgan fingerprint density at radius 3 is 2.55 bits per heavy atom. The average Bonchev–Trinajstić information content (AvgIpc) is 2.67. The maximum absolute atomic E-state index is 12.8. The molecule has 2 aromatic rings. The molecule has 0 saturated carbocycles. The van der Waals surface area contributed by atoms with Crippen molar-refractivity contribution < 1.29 is 22.8 Å². The van der Waals surface area contributed by atoms with Gasteiger partial charge in [0, 0.05) is 29.5 Å². The lowest BCUT2D eigenvalue weighted by Crippen LogP contribution is -2.43. The van der Waals surface area contributed by atoms with E-state index in [2.05, 4.69) is 9.97 Å². The molecule has 1 aromatic heterocycles. The molecule has 1 aliphatic rings. The van der Waals surface area contributed by atoms with E-state index in [9.17, 15) is 27.6 Å². The van der Waals surface area contributed by atoms with Crippen LogP contribution < -0.4 is 11.3 Å². The summed E-state index contributed by atoms with van der Waals surface area (Å²) in [6.45, 7) is -0.0477. The van der Waals surface area contributed by atoms with E-state index in [4.69, 9.17) is 17.3 Å². The number of fused-ring (bicyclic) bond motifs is 1. The lowest BCUT2D eigenvalue weighted by atomic mass is 9.90. The number of halogens is 4. The van der Waals surface area contributed by atoms with E-state index in [0.717, 1.165) is 0 Å². The molecule has 2 heterocycles. The minimum Gasteiger partial charge on any atom is -0.369 e. The van der Waals surface area contributed by atoms with Crippen molar-refractivity contribution >= 4 is 23.4 Å². The molecule has 1 atom stereocenters. The molecular formula is C20H20ClF3N4O3. The van der Waals surface area contributed by atoms with Crippen LogP contribution in [0.5, 0.6) is 0 Å². The number of alkyl halides is 3. The van der Waals surface area contributed by atoms with Gasteiger partial charge in [-0.2, -0.15) is 13.2 Å². The van der Waals surface area contributed by atoms with E-state index < -0.39 is 42.3 Å². The standard InChI is InChI=1S/C20H20ClF3N4O3/c21-13-5-3-11(4-6-13)18-26-17-12(2-1-7-20(22,23)24)9-28(16(30)8-15(25)29)10-14(17)19(31)27-18/h3-6,12H,1-2,7-10H2,(H2,25,29)(H,26,27,31). The number of nitrogens with zero attached hydrogens (tertiary/aromatic N) is 2. The summed E-state index contributed by atoms with van der Waals surface area (Å²) in [7, 11) is 0. The summed E-state index contributed by atoms with van der Waals surface area (Å²) in [5.41, 5.74) is 5.73. The van der Waals surface area contributed by atoms with Crippen molar-refractivity contribution in [2.24, 2.45) is 5.73 Å². The highest BCUT2D eigenvalue weighted by atomic mass is 35.5. The van der Waals surface area contributed by atoms with Crippen LogP contribution in [0.1, 0.15) is 42.9 Å². The lowest BCUT2D eigenvalue weighted by molar-refractivity contribution is -0.138. The third-order valence-corrected chi connectivity index (χ3v) is 5.28. The third-order valence-electron chi connectivity index (χ3n) is 5.03. The normalized spacial score (nSPS) is 16.1. The molecule has 3 N–H and O–H groups in total. The fourth-order valence-electron chi connectivity index (χ4n) is 3.59. The number of aromatic amines is 1. The third kappa shape index (κ3) is 5.84. The fraction of sp³-hybridized carbons (Fsp3) is 0.400. The highest BCUT2D eigenvalue weighted by Crippen LogP contribution is 2.33. The SMILES string of the molecule is NC(=O)CC(=O)N1Cc2c(nc(-c3ccc(Cl)cc3)[nH]c2=O)C(CCCC(F)(F)F)C1. The molecule has 1 aliphatic heterocycles. The van der Waals surface area contributed by atoms with Gasteiger partial charge in [-0.05, 0) is 37.1 Å². The predicted molar refractivity (Wildman–Crippen MR) is 107 cm³/mol. The number of nitrogens with two attached hydrogens (primary N) is 1. The number of carbonyl (C=O) groups excluding carboxylic acids is 2. The van der Waals surface area contributed by atoms with E-state index in [1.165, 1.54) is 4.90 Å². The zero-order valence-corrected chi connectivity index (χ0v) is 17.1. The Hall–Kier alpha value is -2.88. The fourth-order valence-corrected chi connectivity index (χ4v) is 3.71. The van der Waals surface area contributed by atoms with Crippen LogP contribution in [0.2, 0.25) is 5.02 Å². The predicted octanol–water partition coefficient (Wildman–Crippen LogP) is 3.12. The Bertz CT molecular complexity index is 1040. The van der Waals surface area contributed by atoms with Gasteiger partial charge in [0.25, 0.3) is 5.56 Å². The summed E-state index contributed by atoms with van der Waals surface area (Å²) in [5.74, 6) is -1.73. The summed E-state index contributed by atoms with van der Waals surface area (Å²) >= 11 is 5.89. The number of carbonyl (C=O) groups is 2. The highest BCUT2D eigenvalue weighted by molar-refractivity contribution is 6.30. The van der Waals surface area contributed by atoms with Gasteiger partial charge in [0.1, 0.15) is 12.2 Å². The number of amides is 2. The molecule has 0 spiro atoms. The van der Waals surface area contributed by atoms with Crippen molar-refractivity contribution in [1.29, 1.82) is 0 Å². The molecule has 166 valence electrons. The zero-order valence-electron chi connectivity index (χ0n) is 16.3. The summed E-state index contributed by atoms with van der Waals surface area (Å²) in [6.07, 6.45) is -5.95. The van der Waals surface area contributed by atoms with Gasteiger partial charge in [0.2, 0.25) is 11.8 Å². The van der Waals surface area contributed by atoms with E-state index in [-0.39, 0.29) is 37.3 Å². The molecule has 2 amide bonds. The summed E-state index contributed by atoms with van der Waals surface area (Å²) in [4.78, 5) is 44.6. The van der Waals surface area contributed by atoms with Crippen molar-refractivity contribution in [1.82, 2.24) is 14.9 Å². The minimum absolute atomic E-state index is 0.0491. The Morgan fingerprint density at radius 2 is 1.94 bits per heavy atom. The first-order valence-corrected chi connectivity index (χ1v) is 9.93. The van der Waals surface area contributed by atoms with Crippen molar-refractivity contribution in [3.63, 3.8) is 0 Å². The number of aromatic nitrogens is 2. The van der Waals surface area contributed by atoms with Crippen LogP contribution in [-0.2, 0) is 16.1 Å². The maximum atomic E-state index is 12.8.